The van der Waals surface area contributed by atoms with Gasteiger partial charge < -0.3 is 14.5 Å². The van der Waals surface area contributed by atoms with Crippen LogP contribution in [-0.4, -0.2) is 13.1 Å². The van der Waals surface area contributed by atoms with Crippen LogP contribution >= 0.6 is 0 Å². The molecule has 1 aromatic carbocycles. The zero-order chi connectivity index (χ0) is 15.2. The Bertz CT molecular complexity index is 599. The van der Waals surface area contributed by atoms with Crippen LogP contribution in [-0.2, 0) is 17.7 Å². The van der Waals surface area contributed by atoms with Crippen molar-refractivity contribution in [2.24, 2.45) is 0 Å². The number of furan rings is 1. The number of carbonyl (C=O) groups is 1. The second kappa shape index (κ2) is 6.97. The van der Waals surface area contributed by atoms with Gasteiger partial charge in [-0.25, -0.2) is 4.79 Å². The molecule has 0 saturated heterocycles. The van der Waals surface area contributed by atoms with Gasteiger partial charge in [0.05, 0.1) is 13.7 Å². The molecule has 0 bridgehead atoms. The summed E-state index contributed by atoms with van der Waals surface area (Å²) in [5.41, 5.74) is 2.85. The maximum atomic E-state index is 11.5. The van der Waals surface area contributed by atoms with Gasteiger partial charge in [-0.3, -0.25) is 0 Å². The molecule has 0 aliphatic rings. The average molecular weight is 287 g/mol. The van der Waals surface area contributed by atoms with Crippen molar-refractivity contribution < 1.29 is 13.9 Å². The molecule has 0 radical (unpaired) electrons. The number of ether oxygens (including phenoxy) is 1. The lowest BCUT2D eigenvalue weighted by Crippen LogP contribution is -2.01. The minimum atomic E-state index is -0.369. The standard InChI is InChI=1S/C17H21NO3/c1-4-5-13-6-8-14(9-7-13)18-11-15-10-16(12(2)21-15)17(19)20-3/h6-10,18H,4-5,11H2,1-3H3. The fraction of sp³-hybridized carbons (Fsp3) is 0.353. The summed E-state index contributed by atoms with van der Waals surface area (Å²) in [5, 5.41) is 3.28. The van der Waals surface area contributed by atoms with Crippen LogP contribution in [0.1, 0.15) is 40.8 Å². The number of rotatable bonds is 6. The van der Waals surface area contributed by atoms with Gasteiger partial charge in [0.25, 0.3) is 0 Å². The van der Waals surface area contributed by atoms with E-state index >= 15 is 0 Å². The van der Waals surface area contributed by atoms with E-state index in [4.69, 9.17) is 9.15 Å². The van der Waals surface area contributed by atoms with Crippen LogP contribution in [0.4, 0.5) is 5.69 Å². The average Bonchev–Trinajstić information content (AvgIpc) is 2.87. The van der Waals surface area contributed by atoms with Gasteiger partial charge in [-0.05, 0) is 37.1 Å². The van der Waals surface area contributed by atoms with E-state index in [1.54, 1.807) is 13.0 Å². The van der Waals surface area contributed by atoms with Crippen LogP contribution in [0.15, 0.2) is 34.7 Å². The number of methoxy groups -OCH3 is 1. The number of hydrogen-bond donors (Lipinski definition) is 1. The maximum Gasteiger partial charge on any atom is 0.341 e. The molecule has 21 heavy (non-hydrogen) atoms. The fourth-order valence-electron chi connectivity index (χ4n) is 2.21. The molecule has 4 heteroatoms. The highest BCUT2D eigenvalue weighted by Gasteiger charge is 2.14. The van der Waals surface area contributed by atoms with Gasteiger partial charge in [-0.1, -0.05) is 25.5 Å². The summed E-state index contributed by atoms with van der Waals surface area (Å²) >= 11 is 0. The van der Waals surface area contributed by atoms with Gasteiger partial charge in [0.15, 0.2) is 0 Å². The van der Waals surface area contributed by atoms with Crippen LogP contribution in [0.2, 0.25) is 0 Å². The molecular formula is C17H21NO3. The lowest BCUT2D eigenvalue weighted by atomic mass is 10.1. The van der Waals surface area contributed by atoms with Crippen LogP contribution in [0, 0.1) is 6.92 Å². The van der Waals surface area contributed by atoms with Gasteiger partial charge in [0, 0.05) is 5.69 Å². The summed E-state index contributed by atoms with van der Waals surface area (Å²) < 4.78 is 10.3. The zero-order valence-electron chi connectivity index (χ0n) is 12.7. The van der Waals surface area contributed by atoms with Crippen molar-refractivity contribution in [1.82, 2.24) is 0 Å². The second-order valence-corrected chi connectivity index (χ2v) is 4.97. The molecular weight excluding hydrogens is 266 g/mol. The van der Waals surface area contributed by atoms with Gasteiger partial charge >= 0.3 is 5.97 Å². The van der Waals surface area contributed by atoms with E-state index in [1.807, 2.05) is 0 Å². The lowest BCUT2D eigenvalue weighted by molar-refractivity contribution is 0.0599. The van der Waals surface area contributed by atoms with Gasteiger partial charge in [-0.2, -0.15) is 0 Å². The Hall–Kier alpha value is -2.23. The Kier molecular flexibility index (Phi) is 5.04. The van der Waals surface area contributed by atoms with Crippen LogP contribution in [0.3, 0.4) is 0 Å². The van der Waals surface area contributed by atoms with Crippen molar-refractivity contribution >= 4 is 11.7 Å². The van der Waals surface area contributed by atoms with E-state index in [-0.39, 0.29) is 5.97 Å². The van der Waals surface area contributed by atoms with Gasteiger partial charge in [0.2, 0.25) is 0 Å². The van der Waals surface area contributed by atoms with Crippen molar-refractivity contribution in [3.05, 3.63) is 53.0 Å². The van der Waals surface area contributed by atoms with Crippen LogP contribution in [0.25, 0.3) is 0 Å². The quantitative estimate of drug-likeness (QED) is 0.818. The molecule has 4 nitrogen and oxygen atoms in total. The molecule has 0 aliphatic heterocycles. The number of nitrogens with one attached hydrogen (secondary N) is 1. The summed E-state index contributed by atoms with van der Waals surface area (Å²) in [4.78, 5) is 11.5. The third kappa shape index (κ3) is 3.88. The van der Waals surface area contributed by atoms with E-state index in [1.165, 1.54) is 12.7 Å². The SMILES string of the molecule is CCCc1ccc(NCc2cc(C(=O)OC)c(C)o2)cc1. The molecule has 1 N–H and O–H groups in total. The Balaban J connectivity index is 1.98. The molecule has 2 rings (SSSR count). The first-order valence-corrected chi connectivity index (χ1v) is 7.14. The van der Waals surface area contributed by atoms with E-state index in [2.05, 4.69) is 36.5 Å². The third-order valence-electron chi connectivity index (χ3n) is 3.33. The van der Waals surface area contributed by atoms with Gasteiger partial charge in [-0.15, -0.1) is 0 Å². The Morgan fingerprint density at radius 3 is 2.62 bits per heavy atom. The predicted octanol–water partition coefficient (Wildman–Crippen LogP) is 3.94. The minimum absolute atomic E-state index is 0.369. The molecule has 0 saturated carbocycles. The molecule has 0 aliphatic carbocycles. The van der Waals surface area contributed by atoms with Crippen molar-refractivity contribution in [3.63, 3.8) is 0 Å². The molecule has 0 spiro atoms. The smallest absolute Gasteiger partial charge is 0.341 e. The van der Waals surface area contributed by atoms with Crippen molar-refractivity contribution in [1.29, 1.82) is 0 Å². The highest BCUT2D eigenvalue weighted by Crippen LogP contribution is 2.18. The maximum absolute atomic E-state index is 11.5. The molecule has 1 aromatic heterocycles. The van der Waals surface area contributed by atoms with Crippen molar-refractivity contribution in [2.75, 3.05) is 12.4 Å². The summed E-state index contributed by atoms with van der Waals surface area (Å²) in [7, 11) is 1.37. The second-order valence-electron chi connectivity index (χ2n) is 4.97. The normalized spacial score (nSPS) is 10.4. The largest absolute Gasteiger partial charge is 0.465 e. The molecule has 0 amide bonds. The molecule has 0 unspecified atom stereocenters. The van der Waals surface area contributed by atoms with Crippen LogP contribution in [0.5, 0.6) is 0 Å². The van der Waals surface area contributed by atoms with E-state index in [0.29, 0.717) is 23.6 Å². The van der Waals surface area contributed by atoms with E-state index in [9.17, 15) is 4.79 Å². The highest BCUT2D eigenvalue weighted by atomic mass is 16.5. The first-order valence-electron chi connectivity index (χ1n) is 7.14. The third-order valence-corrected chi connectivity index (χ3v) is 3.33. The number of anilines is 1. The summed E-state index contributed by atoms with van der Waals surface area (Å²) in [5.74, 6) is 0.925. The minimum Gasteiger partial charge on any atom is -0.465 e. The number of benzene rings is 1. The monoisotopic (exact) mass is 287 g/mol. The number of carbonyl (C=O) groups excluding carboxylic acids is 1. The first kappa shape index (κ1) is 15.2. The summed E-state index contributed by atoms with van der Waals surface area (Å²) in [6, 6.07) is 10.1. The zero-order valence-corrected chi connectivity index (χ0v) is 12.7. The first-order chi connectivity index (χ1) is 10.1. The van der Waals surface area contributed by atoms with Crippen molar-refractivity contribution in [3.8, 4) is 0 Å². The highest BCUT2D eigenvalue weighted by molar-refractivity contribution is 5.90. The van der Waals surface area contributed by atoms with E-state index in [0.717, 1.165) is 18.5 Å². The Labute approximate surface area is 125 Å². The number of aryl methyl sites for hydroxylation is 2. The number of hydrogen-bond acceptors (Lipinski definition) is 4. The molecule has 1 heterocycles. The summed E-state index contributed by atoms with van der Waals surface area (Å²) in [6.45, 7) is 4.46. The Morgan fingerprint density at radius 1 is 1.29 bits per heavy atom. The Morgan fingerprint density at radius 2 is 2.00 bits per heavy atom. The van der Waals surface area contributed by atoms with E-state index < -0.39 is 0 Å². The topological polar surface area (TPSA) is 51.5 Å². The lowest BCUT2D eigenvalue weighted by Gasteiger charge is -2.05. The molecule has 0 atom stereocenters. The van der Waals surface area contributed by atoms with Crippen molar-refractivity contribution in [2.45, 2.75) is 33.2 Å². The van der Waals surface area contributed by atoms with Gasteiger partial charge in [0.1, 0.15) is 17.1 Å². The fourth-order valence-corrected chi connectivity index (χ4v) is 2.21. The molecule has 112 valence electrons. The molecule has 0 fully saturated rings. The number of esters is 1. The summed E-state index contributed by atoms with van der Waals surface area (Å²) in [6.07, 6.45) is 2.24. The molecule has 2 aromatic rings. The van der Waals surface area contributed by atoms with Crippen LogP contribution < -0.4 is 5.32 Å². The predicted molar refractivity (Wildman–Crippen MR) is 82.5 cm³/mol.